The average Bonchev–Trinajstić information content (AvgIpc) is 2.35. The minimum Gasteiger partial charge on any atom is -1.00 e. The van der Waals surface area contributed by atoms with E-state index in [9.17, 15) is 18.0 Å². The Bertz CT molecular complexity index is 565. The molecule has 0 heterocycles. The van der Waals surface area contributed by atoms with Crippen LogP contribution in [0, 0.1) is 0 Å². The zero-order valence-electron chi connectivity index (χ0n) is 11.5. The molecule has 0 aliphatic carbocycles. The maximum absolute atomic E-state index is 11.3. The first kappa shape index (κ1) is 19.1. The van der Waals surface area contributed by atoms with Crippen LogP contribution in [0.3, 0.4) is 0 Å². The number of hydrogen-bond acceptors (Lipinski definition) is 6. The molecule has 0 atom stereocenters. The molecule has 0 spiro atoms. The minimum absolute atomic E-state index is 0. The molecule has 1 N–H and O–H groups in total. The van der Waals surface area contributed by atoms with Crippen LogP contribution in [0.15, 0.2) is 23.1 Å². The van der Waals surface area contributed by atoms with Gasteiger partial charge in [0.15, 0.2) is 0 Å². The van der Waals surface area contributed by atoms with Gasteiger partial charge in [0, 0.05) is 0 Å². The van der Waals surface area contributed by atoms with Gasteiger partial charge >= 0.3 is 80.8 Å². The number of carbonyl (C=O) groups excluding carboxylic acids is 2. The van der Waals surface area contributed by atoms with Crippen molar-refractivity contribution in [1.82, 2.24) is 0 Å². The summed E-state index contributed by atoms with van der Waals surface area (Å²) in [6, 6.07) is 2.90. The molecule has 0 bridgehead atoms. The van der Waals surface area contributed by atoms with Crippen LogP contribution in [0.4, 0.5) is 0 Å². The van der Waals surface area contributed by atoms with Crippen molar-refractivity contribution in [2.75, 3.05) is 14.2 Å². The second-order valence-corrected chi connectivity index (χ2v) is 4.63. The van der Waals surface area contributed by atoms with E-state index < -0.39 is 27.0 Å². The molecule has 0 saturated heterocycles. The van der Waals surface area contributed by atoms with E-state index in [-0.39, 0.29) is 81.4 Å². The Labute approximate surface area is 170 Å². The summed E-state index contributed by atoms with van der Waals surface area (Å²) in [4.78, 5) is 22.0. The normalized spacial score (nSPS) is 10.3. The molecule has 0 fully saturated rings. The van der Waals surface area contributed by atoms with Crippen molar-refractivity contribution in [3.05, 3.63) is 29.3 Å². The molecule has 0 unspecified atom stereocenters. The van der Waals surface area contributed by atoms with Crippen LogP contribution in [0.5, 0.6) is 0 Å². The zero-order valence-corrected chi connectivity index (χ0v) is 17.6. The van der Waals surface area contributed by atoms with Crippen LogP contribution in [0.2, 0.25) is 0 Å². The van der Waals surface area contributed by atoms with E-state index in [1.54, 1.807) is 0 Å². The van der Waals surface area contributed by atoms with Gasteiger partial charge in [-0.25, -0.2) is 9.59 Å². The van der Waals surface area contributed by atoms with Crippen LogP contribution in [0.1, 0.15) is 22.1 Å². The van der Waals surface area contributed by atoms with Crippen molar-refractivity contribution in [3.8, 4) is 0 Å². The largest absolute Gasteiger partial charge is 1.00 e. The Morgan fingerprint density at radius 2 is 1.42 bits per heavy atom. The van der Waals surface area contributed by atoms with Crippen molar-refractivity contribution in [1.29, 1.82) is 0 Å². The predicted octanol–water partition coefficient (Wildman–Crippen LogP) is -2.38. The van der Waals surface area contributed by atoms with Crippen LogP contribution < -0.4 is 68.9 Å². The maximum atomic E-state index is 11.3. The second kappa shape index (κ2) is 7.79. The molecule has 1 aromatic carbocycles. The zero-order chi connectivity index (χ0) is 13.9. The third kappa shape index (κ3) is 5.19. The molecular formula is C10H11CsO7S. The first-order chi connectivity index (χ1) is 8.29. The molecule has 0 aromatic heterocycles. The summed E-state index contributed by atoms with van der Waals surface area (Å²) < 4.78 is 39.7. The van der Waals surface area contributed by atoms with Gasteiger partial charge in [-0.2, -0.15) is 8.42 Å². The average molecular weight is 408 g/mol. The van der Waals surface area contributed by atoms with Gasteiger partial charge in [-0.05, 0) is 18.2 Å². The molecule has 9 heteroatoms. The van der Waals surface area contributed by atoms with E-state index >= 15 is 0 Å². The molecule has 0 radical (unpaired) electrons. The number of rotatable bonds is 3. The van der Waals surface area contributed by atoms with E-state index in [1.165, 1.54) is 0 Å². The van der Waals surface area contributed by atoms with Crippen LogP contribution in [-0.4, -0.2) is 39.1 Å². The summed E-state index contributed by atoms with van der Waals surface area (Å²) in [5.74, 6) is -1.68. The molecule has 1 rings (SSSR count). The molecule has 19 heavy (non-hydrogen) atoms. The first-order valence-corrected chi connectivity index (χ1v) is 6.03. The van der Waals surface area contributed by atoms with Gasteiger partial charge in [0.1, 0.15) is 0 Å². The fourth-order valence-electron chi connectivity index (χ4n) is 1.22. The molecule has 100 valence electrons. The smallest absolute Gasteiger partial charge is 1.00 e. The van der Waals surface area contributed by atoms with Gasteiger partial charge in [-0.1, -0.05) is 0 Å². The van der Waals surface area contributed by atoms with Crippen molar-refractivity contribution in [3.63, 3.8) is 0 Å². The van der Waals surface area contributed by atoms with Gasteiger partial charge in [0.25, 0.3) is 10.1 Å². The maximum Gasteiger partial charge on any atom is 1.00 e. The van der Waals surface area contributed by atoms with Gasteiger partial charge in [0.05, 0.1) is 30.2 Å². The standard InChI is InChI=1S/C10H10O7S.Cs.H/c1-16-9(11)6-3-7(10(12)17-2)5-8(4-6)18(13,14)15;;/h3-5H,1-2H3,(H,13,14,15);;/q;+1;-1. The number of benzene rings is 1. The number of methoxy groups -OCH3 is 2. The van der Waals surface area contributed by atoms with Crippen molar-refractivity contribution >= 4 is 22.1 Å². The summed E-state index contributed by atoms with van der Waals surface area (Å²) in [6.45, 7) is 0. The number of esters is 2. The Hall–Kier alpha value is 0.122. The molecule has 0 amide bonds. The van der Waals surface area contributed by atoms with Crippen LogP contribution >= 0.6 is 0 Å². The Kier molecular flexibility index (Phi) is 7.84. The summed E-state index contributed by atoms with van der Waals surface area (Å²) in [6.07, 6.45) is 0. The van der Waals surface area contributed by atoms with Crippen LogP contribution in [-0.2, 0) is 19.6 Å². The van der Waals surface area contributed by atoms with Crippen molar-refractivity contribution in [2.45, 2.75) is 4.90 Å². The summed E-state index contributed by atoms with van der Waals surface area (Å²) in [5, 5.41) is 0. The Morgan fingerprint density at radius 3 is 1.68 bits per heavy atom. The van der Waals surface area contributed by atoms with Crippen molar-refractivity contribution in [2.24, 2.45) is 0 Å². The van der Waals surface area contributed by atoms with E-state index in [0.717, 1.165) is 32.4 Å². The Balaban J connectivity index is 0. The third-order valence-corrected chi connectivity index (χ3v) is 2.88. The van der Waals surface area contributed by atoms with E-state index in [0.29, 0.717) is 0 Å². The monoisotopic (exact) mass is 408 g/mol. The van der Waals surface area contributed by atoms with Crippen LogP contribution in [0.25, 0.3) is 0 Å². The Morgan fingerprint density at radius 1 is 1.05 bits per heavy atom. The predicted molar refractivity (Wildman–Crippen MR) is 60.0 cm³/mol. The van der Waals surface area contributed by atoms with Crippen molar-refractivity contribution < 1.29 is 102 Å². The molecule has 1 aromatic rings. The van der Waals surface area contributed by atoms with E-state index in [2.05, 4.69) is 9.47 Å². The number of hydrogen-bond donors (Lipinski definition) is 1. The van der Waals surface area contributed by atoms with Gasteiger partial charge in [-0.3, -0.25) is 4.55 Å². The minimum atomic E-state index is -4.55. The SMILES string of the molecule is COC(=O)c1cc(C(=O)OC)cc(S(=O)(=O)O)c1.[Cs+].[H-]. The molecule has 7 nitrogen and oxygen atoms in total. The topological polar surface area (TPSA) is 107 Å². The summed E-state index contributed by atoms with van der Waals surface area (Å²) in [5.41, 5.74) is -0.374. The third-order valence-electron chi connectivity index (χ3n) is 2.05. The van der Waals surface area contributed by atoms with Gasteiger partial charge in [0.2, 0.25) is 0 Å². The number of carbonyl (C=O) groups is 2. The first-order valence-electron chi connectivity index (χ1n) is 4.59. The summed E-state index contributed by atoms with van der Waals surface area (Å²) >= 11 is 0. The molecule has 0 saturated carbocycles. The molecule has 0 aliphatic heterocycles. The fraction of sp³-hybridized carbons (Fsp3) is 0.200. The molecule has 0 aliphatic rings. The number of ether oxygens (including phenoxy) is 2. The summed E-state index contributed by atoms with van der Waals surface area (Å²) in [7, 11) is -2.35. The van der Waals surface area contributed by atoms with Gasteiger partial charge < -0.3 is 10.9 Å². The van der Waals surface area contributed by atoms with E-state index in [4.69, 9.17) is 4.55 Å². The van der Waals surface area contributed by atoms with Gasteiger partial charge in [-0.15, -0.1) is 0 Å². The quantitative estimate of drug-likeness (QED) is 0.440. The fourth-order valence-corrected chi connectivity index (χ4v) is 1.77. The van der Waals surface area contributed by atoms with E-state index in [1.807, 2.05) is 0 Å². The second-order valence-electron chi connectivity index (χ2n) is 3.20. The molecular weight excluding hydrogens is 397 g/mol.